The molecular weight excluding hydrogens is 208 g/mol. The molecule has 0 N–H and O–H groups in total. The van der Waals surface area contributed by atoms with Gasteiger partial charge in [0.05, 0.1) is 0 Å². The maximum atomic E-state index is 9.33. The van der Waals surface area contributed by atoms with Gasteiger partial charge in [-0.25, -0.2) is 0 Å². The van der Waals surface area contributed by atoms with E-state index in [0.29, 0.717) is 0 Å². The van der Waals surface area contributed by atoms with Gasteiger partial charge in [-0.05, 0) is 24.3 Å². The molecule has 0 aliphatic carbocycles. The molecular formula is C12H22O2S-2. The lowest BCUT2D eigenvalue weighted by Gasteiger charge is -1.92. The van der Waals surface area contributed by atoms with Gasteiger partial charge in [-0.1, -0.05) is 26.7 Å². The van der Waals surface area contributed by atoms with Crippen LogP contribution in [0.2, 0.25) is 0 Å². The van der Waals surface area contributed by atoms with Crippen molar-refractivity contribution in [2.45, 2.75) is 39.5 Å². The van der Waals surface area contributed by atoms with Crippen molar-refractivity contribution in [1.82, 2.24) is 0 Å². The van der Waals surface area contributed by atoms with Gasteiger partial charge < -0.3 is 10.2 Å². The van der Waals surface area contributed by atoms with Crippen molar-refractivity contribution < 1.29 is 10.2 Å². The van der Waals surface area contributed by atoms with Gasteiger partial charge in [-0.3, -0.25) is 0 Å². The Hall–Kier alpha value is -0.570. The van der Waals surface area contributed by atoms with Gasteiger partial charge in [0.15, 0.2) is 0 Å². The van der Waals surface area contributed by atoms with Crippen LogP contribution in [0.5, 0.6) is 0 Å². The lowest BCUT2D eigenvalue weighted by atomic mass is 10.2. The Morgan fingerprint density at radius 3 is 1.40 bits per heavy atom. The second kappa shape index (κ2) is 13.4. The minimum absolute atomic E-state index is 0.0833. The topological polar surface area (TPSA) is 46.1 Å². The van der Waals surface area contributed by atoms with E-state index in [1.54, 1.807) is 0 Å². The van der Waals surface area contributed by atoms with Crippen molar-refractivity contribution in [3.05, 3.63) is 24.7 Å². The van der Waals surface area contributed by atoms with Crippen LogP contribution in [0.1, 0.15) is 39.5 Å². The SMILES string of the molecule is C1CCCSCC1.C=C(C)[O-].C=C(C)[O-]. The lowest BCUT2D eigenvalue weighted by molar-refractivity contribution is -0.301. The second-order valence-corrected chi connectivity index (χ2v) is 4.66. The molecule has 1 rings (SSSR count). The molecule has 0 aromatic heterocycles. The maximum absolute atomic E-state index is 9.33. The average molecular weight is 230 g/mol. The minimum Gasteiger partial charge on any atom is -0.876 e. The van der Waals surface area contributed by atoms with E-state index in [9.17, 15) is 10.2 Å². The molecule has 0 atom stereocenters. The zero-order valence-electron chi connectivity index (χ0n) is 9.88. The summed E-state index contributed by atoms with van der Waals surface area (Å²) in [4.78, 5) is 0. The van der Waals surface area contributed by atoms with Crippen molar-refractivity contribution in [2.24, 2.45) is 0 Å². The molecule has 0 unspecified atom stereocenters. The zero-order chi connectivity index (χ0) is 12.1. The van der Waals surface area contributed by atoms with E-state index in [1.807, 2.05) is 0 Å². The molecule has 0 amide bonds. The predicted octanol–water partition coefficient (Wildman–Crippen LogP) is 2.05. The first-order valence-corrected chi connectivity index (χ1v) is 6.35. The maximum Gasteiger partial charge on any atom is -0.00675 e. The molecule has 0 aromatic carbocycles. The van der Waals surface area contributed by atoms with E-state index < -0.39 is 0 Å². The normalized spacial score (nSPS) is 14.5. The van der Waals surface area contributed by atoms with Gasteiger partial charge in [0.1, 0.15) is 0 Å². The van der Waals surface area contributed by atoms with Crippen molar-refractivity contribution in [3.8, 4) is 0 Å². The highest BCUT2D eigenvalue weighted by Gasteiger charge is 1.95. The highest BCUT2D eigenvalue weighted by atomic mass is 32.2. The Balaban J connectivity index is 0. The van der Waals surface area contributed by atoms with Gasteiger partial charge in [-0.2, -0.15) is 11.8 Å². The molecule has 90 valence electrons. The number of allylic oxidation sites excluding steroid dienone is 2. The Kier molecular flexibility index (Phi) is 15.1. The molecule has 0 saturated carbocycles. The smallest absolute Gasteiger partial charge is 0.00675 e. The summed E-state index contributed by atoms with van der Waals surface area (Å²) in [6, 6.07) is 0. The number of hydrogen-bond acceptors (Lipinski definition) is 3. The van der Waals surface area contributed by atoms with Gasteiger partial charge in [0, 0.05) is 0 Å². The summed E-state index contributed by atoms with van der Waals surface area (Å²) in [7, 11) is 0. The van der Waals surface area contributed by atoms with Crippen LogP contribution in [-0.4, -0.2) is 11.5 Å². The van der Waals surface area contributed by atoms with E-state index in [-0.39, 0.29) is 11.5 Å². The molecule has 0 aromatic rings. The van der Waals surface area contributed by atoms with E-state index in [4.69, 9.17) is 0 Å². The summed E-state index contributed by atoms with van der Waals surface area (Å²) < 4.78 is 0. The Morgan fingerprint density at radius 2 is 1.13 bits per heavy atom. The molecule has 0 bridgehead atoms. The van der Waals surface area contributed by atoms with Crippen LogP contribution in [0, 0.1) is 0 Å². The largest absolute Gasteiger partial charge is 0.876 e. The number of rotatable bonds is 0. The lowest BCUT2D eigenvalue weighted by Crippen LogP contribution is -1.93. The first kappa shape index (κ1) is 16.8. The highest BCUT2D eigenvalue weighted by Crippen LogP contribution is 2.15. The molecule has 1 aliphatic heterocycles. The highest BCUT2D eigenvalue weighted by molar-refractivity contribution is 7.99. The fourth-order valence-corrected chi connectivity index (χ4v) is 1.88. The van der Waals surface area contributed by atoms with Gasteiger partial charge in [-0.15, -0.1) is 24.7 Å². The molecule has 2 nitrogen and oxygen atoms in total. The summed E-state index contributed by atoms with van der Waals surface area (Å²) in [5, 5.41) is 18.7. The second-order valence-electron chi connectivity index (χ2n) is 3.43. The van der Waals surface area contributed by atoms with Gasteiger partial charge in [0.25, 0.3) is 0 Å². The van der Waals surface area contributed by atoms with Crippen LogP contribution >= 0.6 is 11.8 Å². The molecule has 3 heteroatoms. The van der Waals surface area contributed by atoms with E-state index in [2.05, 4.69) is 24.9 Å². The third-order valence-electron chi connectivity index (χ3n) is 1.33. The zero-order valence-corrected chi connectivity index (χ0v) is 10.7. The van der Waals surface area contributed by atoms with E-state index >= 15 is 0 Å². The molecule has 1 saturated heterocycles. The van der Waals surface area contributed by atoms with Crippen molar-refractivity contribution >= 4 is 11.8 Å². The summed E-state index contributed by atoms with van der Waals surface area (Å²) >= 11 is 2.12. The number of hydrogen-bond donors (Lipinski definition) is 0. The number of thioether (sulfide) groups is 1. The van der Waals surface area contributed by atoms with Gasteiger partial charge >= 0.3 is 0 Å². The molecule has 1 fully saturated rings. The quantitative estimate of drug-likeness (QED) is 0.598. The summed E-state index contributed by atoms with van der Waals surface area (Å²) in [6.45, 7) is 8.83. The molecule has 1 heterocycles. The predicted molar refractivity (Wildman–Crippen MR) is 65.4 cm³/mol. The Labute approximate surface area is 98.1 Å². The Bertz CT molecular complexity index is 127. The fourth-order valence-electron chi connectivity index (χ4n) is 0.864. The first-order valence-electron chi connectivity index (χ1n) is 5.19. The Morgan fingerprint density at radius 1 is 0.867 bits per heavy atom. The molecule has 0 spiro atoms. The average Bonchev–Trinajstić information content (AvgIpc) is 2.31. The monoisotopic (exact) mass is 230 g/mol. The van der Waals surface area contributed by atoms with Crippen molar-refractivity contribution in [3.63, 3.8) is 0 Å². The standard InChI is InChI=1S/C6H12S.2C3H6O/c1-2-4-6-7-5-3-1;2*1-3(2)4/h1-6H2;2*4H,1H2,2H3/p-2. The van der Waals surface area contributed by atoms with Crippen LogP contribution in [0.15, 0.2) is 24.7 Å². The van der Waals surface area contributed by atoms with E-state index in [1.165, 1.54) is 51.0 Å². The minimum atomic E-state index is -0.0833. The summed E-state index contributed by atoms with van der Waals surface area (Å²) in [5.74, 6) is 2.67. The van der Waals surface area contributed by atoms with Crippen molar-refractivity contribution in [2.75, 3.05) is 11.5 Å². The molecule has 1 aliphatic rings. The van der Waals surface area contributed by atoms with Gasteiger partial charge in [0.2, 0.25) is 0 Å². The fraction of sp³-hybridized carbons (Fsp3) is 0.667. The van der Waals surface area contributed by atoms with Crippen LogP contribution in [-0.2, 0) is 0 Å². The summed E-state index contributed by atoms with van der Waals surface area (Å²) in [6.07, 6.45) is 5.88. The van der Waals surface area contributed by atoms with Crippen LogP contribution in [0.25, 0.3) is 0 Å². The molecule has 15 heavy (non-hydrogen) atoms. The van der Waals surface area contributed by atoms with Crippen LogP contribution < -0.4 is 10.2 Å². The first-order chi connectivity index (χ1) is 6.96. The van der Waals surface area contributed by atoms with Crippen LogP contribution in [0.3, 0.4) is 0 Å². The van der Waals surface area contributed by atoms with Crippen LogP contribution in [0.4, 0.5) is 0 Å². The van der Waals surface area contributed by atoms with E-state index in [0.717, 1.165) is 0 Å². The summed E-state index contributed by atoms with van der Waals surface area (Å²) in [5.41, 5.74) is 0. The third kappa shape index (κ3) is 42.4. The van der Waals surface area contributed by atoms with Crippen molar-refractivity contribution in [1.29, 1.82) is 0 Å². The molecule has 0 radical (unpaired) electrons. The third-order valence-corrected chi connectivity index (χ3v) is 2.48.